The summed E-state index contributed by atoms with van der Waals surface area (Å²) in [5, 5.41) is 0. The lowest BCUT2D eigenvalue weighted by atomic mass is 9.90. The van der Waals surface area contributed by atoms with E-state index >= 15 is 0 Å². The van der Waals surface area contributed by atoms with Crippen molar-refractivity contribution in [2.45, 2.75) is 39.3 Å². The van der Waals surface area contributed by atoms with Crippen LogP contribution in [-0.4, -0.2) is 15.5 Å². The van der Waals surface area contributed by atoms with Gasteiger partial charge in [-0.3, -0.25) is 9.59 Å². The molecule has 2 aliphatic heterocycles. The lowest BCUT2D eigenvalue weighted by molar-refractivity contribution is -0.148. The first-order chi connectivity index (χ1) is 14.0. The Morgan fingerprint density at radius 3 is 2.83 bits per heavy atom. The number of carbonyl (C=O) groups is 1. The number of cyclic esters (lactones) is 1. The van der Waals surface area contributed by atoms with E-state index in [9.17, 15) is 9.59 Å². The molecule has 0 bridgehead atoms. The summed E-state index contributed by atoms with van der Waals surface area (Å²) in [6, 6.07) is 1.97. The van der Waals surface area contributed by atoms with Crippen LogP contribution < -0.4 is 5.56 Å². The number of aromatic nitrogens is 2. The monoisotopic (exact) mass is 386 g/mol. The summed E-state index contributed by atoms with van der Waals surface area (Å²) in [4.78, 5) is 30.4. The molecule has 0 saturated heterocycles. The lowest BCUT2D eigenvalue weighted by Gasteiger charge is -2.24. The highest BCUT2D eigenvalue weighted by molar-refractivity contribution is 5.84. The van der Waals surface area contributed by atoms with E-state index in [0.717, 1.165) is 39.3 Å². The van der Waals surface area contributed by atoms with Crippen LogP contribution in [0, 0.1) is 5.92 Å². The Morgan fingerprint density at radius 2 is 2.07 bits per heavy atom. The quantitative estimate of drug-likeness (QED) is 0.621. The molecule has 0 spiro atoms. The Hall–Kier alpha value is -3.21. The van der Waals surface area contributed by atoms with Gasteiger partial charge in [0.05, 0.1) is 35.1 Å². The number of esters is 1. The lowest BCUT2D eigenvalue weighted by Crippen LogP contribution is -2.32. The van der Waals surface area contributed by atoms with Crippen LogP contribution in [0.5, 0.6) is 0 Å². The van der Waals surface area contributed by atoms with Crippen molar-refractivity contribution in [3.63, 3.8) is 0 Å². The number of rotatable bonds is 2. The average molecular weight is 386 g/mol. The highest BCUT2D eigenvalue weighted by Gasteiger charge is 2.34. The molecule has 5 heteroatoms. The van der Waals surface area contributed by atoms with Gasteiger partial charge in [0.2, 0.25) is 0 Å². The Kier molecular flexibility index (Phi) is 3.95. The van der Waals surface area contributed by atoms with Crippen molar-refractivity contribution in [2.24, 2.45) is 5.92 Å². The molecule has 0 saturated carbocycles. The number of fused-ring (bicyclic) bond motifs is 5. The number of nitrogens with zero attached hydrogens (tertiary/aromatic N) is 2. The van der Waals surface area contributed by atoms with Gasteiger partial charge in [-0.25, -0.2) is 4.98 Å². The molecule has 2 aromatic rings. The summed E-state index contributed by atoms with van der Waals surface area (Å²) in [5.74, 6) is -0.328. The fourth-order valence-electron chi connectivity index (χ4n) is 4.57. The molecule has 2 aromatic heterocycles. The zero-order chi connectivity index (χ0) is 20.3. The van der Waals surface area contributed by atoms with E-state index in [1.807, 2.05) is 25.1 Å². The SMILES string of the molecule is C=Cc1c2c(nc3c1Cn1c-3cc3c(c1=O)COC(=O)C3CC)C=CC(C)C=C2. The number of hydrogen-bond acceptors (Lipinski definition) is 4. The summed E-state index contributed by atoms with van der Waals surface area (Å²) in [5.41, 5.74) is 6.80. The molecule has 3 aliphatic rings. The van der Waals surface area contributed by atoms with Gasteiger partial charge in [-0.1, -0.05) is 44.7 Å². The number of pyridine rings is 2. The van der Waals surface area contributed by atoms with Crippen molar-refractivity contribution in [2.75, 3.05) is 0 Å². The minimum absolute atomic E-state index is 0.0434. The maximum atomic E-state index is 13.3. The van der Waals surface area contributed by atoms with Gasteiger partial charge < -0.3 is 9.30 Å². The topological polar surface area (TPSA) is 61.2 Å². The molecule has 29 heavy (non-hydrogen) atoms. The van der Waals surface area contributed by atoms with Gasteiger partial charge in [0.15, 0.2) is 0 Å². The van der Waals surface area contributed by atoms with Crippen molar-refractivity contribution >= 4 is 24.2 Å². The maximum Gasteiger partial charge on any atom is 0.313 e. The number of hydrogen-bond donors (Lipinski definition) is 0. The molecule has 2 atom stereocenters. The molecular weight excluding hydrogens is 364 g/mol. The third kappa shape index (κ3) is 2.50. The van der Waals surface area contributed by atoms with Crippen molar-refractivity contribution < 1.29 is 9.53 Å². The molecule has 0 radical (unpaired) electrons. The molecule has 0 fully saturated rings. The fraction of sp³-hybridized carbons (Fsp3) is 0.292. The van der Waals surface area contributed by atoms with Crippen LogP contribution in [0.3, 0.4) is 0 Å². The van der Waals surface area contributed by atoms with Crippen LogP contribution in [0.25, 0.3) is 29.6 Å². The number of allylic oxidation sites excluding steroid dienone is 2. The van der Waals surface area contributed by atoms with Gasteiger partial charge >= 0.3 is 5.97 Å². The predicted molar refractivity (Wildman–Crippen MR) is 113 cm³/mol. The molecule has 4 heterocycles. The Labute approximate surface area is 169 Å². The normalized spacial score (nSPS) is 21.0. The van der Waals surface area contributed by atoms with E-state index in [1.165, 1.54) is 0 Å². The van der Waals surface area contributed by atoms with Gasteiger partial charge in [-0.05, 0) is 35.6 Å². The van der Waals surface area contributed by atoms with Gasteiger partial charge in [-0.2, -0.15) is 0 Å². The van der Waals surface area contributed by atoms with Gasteiger partial charge in [0.1, 0.15) is 6.61 Å². The fourth-order valence-corrected chi connectivity index (χ4v) is 4.57. The summed E-state index contributed by atoms with van der Waals surface area (Å²) in [7, 11) is 0. The summed E-state index contributed by atoms with van der Waals surface area (Å²) < 4.78 is 7.03. The largest absolute Gasteiger partial charge is 0.460 e. The zero-order valence-electron chi connectivity index (χ0n) is 16.6. The van der Waals surface area contributed by atoms with Crippen LogP contribution >= 0.6 is 0 Å². The van der Waals surface area contributed by atoms with Gasteiger partial charge in [-0.15, -0.1) is 0 Å². The summed E-state index contributed by atoms with van der Waals surface area (Å²) in [6.07, 6.45) is 10.9. The second-order valence-electron chi connectivity index (χ2n) is 7.86. The Bertz CT molecular complexity index is 1200. The highest BCUT2D eigenvalue weighted by Crippen LogP contribution is 2.39. The molecule has 5 nitrogen and oxygen atoms in total. The first-order valence-electron chi connectivity index (χ1n) is 10.0. The maximum absolute atomic E-state index is 13.3. The molecule has 1 aliphatic carbocycles. The minimum Gasteiger partial charge on any atom is -0.460 e. The number of carbonyl (C=O) groups excluding carboxylic acids is 1. The Morgan fingerprint density at radius 1 is 1.28 bits per heavy atom. The van der Waals surface area contributed by atoms with Crippen molar-refractivity contribution in [3.8, 4) is 11.4 Å². The molecular formula is C24H22N2O3. The second-order valence-corrected chi connectivity index (χ2v) is 7.86. The molecule has 146 valence electrons. The minimum atomic E-state index is -0.398. The first kappa shape index (κ1) is 17.9. The molecule has 0 amide bonds. The van der Waals surface area contributed by atoms with Crippen LogP contribution in [0.15, 0.2) is 29.6 Å². The van der Waals surface area contributed by atoms with Crippen LogP contribution in [0.1, 0.15) is 59.7 Å². The smallest absolute Gasteiger partial charge is 0.313 e. The van der Waals surface area contributed by atoms with Gasteiger partial charge in [0.25, 0.3) is 5.56 Å². The molecule has 5 rings (SSSR count). The standard InChI is InChI=1S/C24H22N2O3/c1-4-14-16-8-6-13(3)7-9-20(16)25-22-18(14)11-26-21(22)10-17-15(5-2)24(28)29-12-19(17)23(26)27/h4,6-10,13,15H,1,5,11-12H2,2-3H3. The second kappa shape index (κ2) is 6.41. The van der Waals surface area contributed by atoms with E-state index < -0.39 is 5.92 Å². The van der Waals surface area contributed by atoms with E-state index in [1.54, 1.807) is 4.57 Å². The number of ether oxygens (including phenoxy) is 1. The van der Waals surface area contributed by atoms with Crippen LogP contribution in [0.2, 0.25) is 0 Å². The van der Waals surface area contributed by atoms with Crippen molar-refractivity contribution in [1.82, 2.24) is 9.55 Å². The first-order valence-corrected chi connectivity index (χ1v) is 10.0. The van der Waals surface area contributed by atoms with Gasteiger partial charge in [0, 0.05) is 11.1 Å². The van der Waals surface area contributed by atoms with E-state index in [0.29, 0.717) is 24.4 Å². The van der Waals surface area contributed by atoms with E-state index in [4.69, 9.17) is 9.72 Å². The predicted octanol–water partition coefficient (Wildman–Crippen LogP) is 4.14. The molecule has 0 aromatic carbocycles. The average Bonchev–Trinajstić information content (AvgIpc) is 2.97. The Balaban J connectivity index is 1.78. The van der Waals surface area contributed by atoms with Crippen molar-refractivity contribution in [3.05, 3.63) is 68.7 Å². The zero-order valence-corrected chi connectivity index (χ0v) is 16.6. The van der Waals surface area contributed by atoms with Crippen molar-refractivity contribution in [1.29, 1.82) is 0 Å². The third-order valence-corrected chi connectivity index (χ3v) is 6.16. The van der Waals surface area contributed by atoms with Crippen LogP contribution in [-0.2, 0) is 22.7 Å². The van der Waals surface area contributed by atoms with E-state index in [2.05, 4.69) is 31.7 Å². The summed E-state index contributed by atoms with van der Waals surface area (Å²) >= 11 is 0. The third-order valence-electron chi connectivity index (χ3n) is 6.16. The van der Waals surface area contributed by atoms with E-state index in [-0.39, 0.29) is 18.1 Å². The highest BCUT2D eigenvalue weighted by atomic mass is 16.5. The van der Waals surface area contributed by atoms with Crippen LogP contribution in [0.4, 0.5) is 0 Å². The molecule has 2 unspecified atom stereocenters. The molecule has 0 N–H and O–H groups in total. The summed E-state index contributed by atoms with van der Waals surface area (Å²) in [6.45, 7) is 8.59.